The van der Waals surface area contributed by atoms with E-state index < -0.39 is 0 Å². The van der Waals surface area contributed by atoms with Gasteiger partial charge in [0, 0.05) is 47.6 Å². The summed E-state index contributed by atoms with van der Waals surface area (Å²) in [6, 6.07) is 11.7. The summed E-state index contributed by atoms with van der Waals surface area (Å²) < 4.78 is 6.55. The molecule has 0 saturated heterocycles. The second kappa shape index (κ2) is 6.51. The molecule has 6 heteroatoms. The number of aromatic amines is 1. The average Bonchev–Trinajstić information content (AvgIpc) is 3.03. The number of fused-ring (bicyclic) bond motifs is 1. The fraction of sp³-hybridized carbons (Fsp3) is 0.222. The zero-order valence-corrected chi connectivity index (χ0v) is 14.5. The molecule has 1 N–H and O–H groups in total. The molecule has 0 radical (unpaired) electrons. The monoisotopic (exact) mass is 357 g/mol. The normalized spacial score (nSPS) is 14.5. The predicted octanol–water partition coefficient (Wildman–Crippen LogP) is 4.61. The Kier molecular flexibility index (Phi) is 4.22. The second-order valence-electron chi connectivity index (χ2n) is 5.93. The first-order chi connectivity index (χ1) is 11.7. The summed E-state index contributed by atoms with van der Waals surface area (Å²) in [6.45, 7) is 2.59. The van der Waals surface area contributed by atoms with Crippen LogP contribution >= 0.6 is 23.8 Å². The maximum Gasteiger partial charge on any atom is 0.196 e. The minimum atomic E-state index is 0.555. The van der Waals surface area contributed by atoms with E-state index in [1.54, 1.807) is 0 Å². The van der Waals surface area contributed by atoms with Crippen LogP contribution in [0.15, 0.2) is 47.0 Å². The van der Waals surface area contributed by atoms with E-state index in [0.717, 1.165) is 43.1 Å². The van der Waals surface area contributed by atoms with Crippen LogP contribution in [0.3, 0.4) is 0 Å². The van der Waals surface area contributed by atoms with E-state index in [0.29, 0.717) is 9.79 Å². The van der Waals surface area contributed by atoms with Crippen molar-refractivity contribution in [3.63, 3.8) is 0 Å². The first kappa shape index (κ1) is 15.6. The molecule has 0 spiro atoms. The lowest BCUT2D eigenvalue weighted by Crippen LogP contribution is -2.30. The van der Waals surface area contributed by atoms with E-state index in [9.17, 15) is 0 Å². The molecule has 4 nitrogen and oxygen atoms in total. The van der Waals surface area contributed by atoms with Gasteiger partial charge in [0.05, 0.1) is 6.54 Å². The van der Waals surface area contributed by atoms with Crippen LogP contribution in [0, 0.1) is 4.77 Å². The van der Waals surface area contributed by atoms with Crippen molar-refractivity contribution in [2.75, 3.05) is 6.54 Å². The molecule has 0 unspecified atom stereocenters. The minimum absolute atomic E-state index is 0.555. The molecule has 3 aromatic rings. The minimum Gasteiger partial charge on any atom is -0.460 e. The molecule has 2 aromatic heterocycles. The van der Waals surface area contributed by atoms with Gasteiger partial charge >= 0.3 is 0 Å². The number of hydrogen-bond acceptors (Lipinski definition) is 4. The molecule has 0 aliphatic carbocycles. The molecule has 0 atom stereocenters. The van der Waals surface area contributed by atoms with Crippen molar-refractivity contribution in [3.05, 3.63) is 69.4 Å². The molecule has 122 valence electrons. The Morgan fingerprint density at radius 3 is 3.08 bits per heavy atom. The summed E-state index contributed by atoms with van der Waals surface area (Å²) in [7, 11) is 0. The van der Waals surface area contributed by atoms with Crippen molar-refractivity contribution >= 4 is 23.8 Å². The first-order valence-corrected chi connectivity index (χ1v) is 8.60. The van der Waals surface area contributed by atoms with Crippen LogP contribution < -0.4 is 0 Å². The number of nitrogens with one attached hydrogen (secondary N) is 1. The Labute approximate surface area is 150 Å². The molecule has 0 fully saturated rings. The lowest BCUT2D eigenvalue weighted by molar-refractivity contribution is 0.224. The van der Waals surface area contributed by atoms with Gasteiger partial charge in [-0.2, -0.15) is 0 Å². The Morgan fingerprint density at radius 2 is 2.21 bits per heavy atom. The quantitative estimate of drug-likeness (QED) is 0.695. The lowest BCUT2D eigenvalue weighted by atomic mass is 10.1. The fourth-order valence-corrected chi connectivity index (χ4v) is 3.39. The zero-order chi connectivity index (χ0) is 16.5. The van der Waals surface area contributed by atoms with Crippen LogP contribution in [0.5, 0.6) is 0 Å². The largest absolute Gasteiger partial charge is 0.460 e. The van der Waals surface area contributed by atoms with Gasteiger partial charge in [0.2, 0.25) is 0 Å². The summed E-state index contributed by atoms with van der Waals surface area (Å²) in [5.41, 5.74) is 3.40. The Morgan fingerprint density at radius 1 is 1.29 bits per heavy atom. The Balaban J connectivity index is 1.49. The van der Waals surface area contributed by atoms with E-state index in [1.165, 1.54) is 11.3 Å². The number of nitrogens with zero attached hydrogens (tertiary/aromatic N) is 2. The predicted molar refractivity (Wildman–Crippen MR) is 96.4 cm³/mol. The van der Waals surface area contributed by atoms with Gasteiger partial charge in [-0.25, -0.2) is 4.98 Å². The van der Waals surface area contributed by atoms with Crippen molar-refractivity contribution in [2.24, 2.45) is 0 Å². The number of furan rings is 1. The summed E-state index contributed by atoms with van der Waals surface area (Å²) in [5.74, 6) is 1.79. The topological polar surface area (TPSA) is 45.1 Å². The molecule has 3 heterocycles. The molecule has 1 aliphatic heterocycles. The number of halogens is 1. The van der Waals surface area contributed by atoms with Gasteiger partial charge in [-0.3, -0.25) is 4.90 Å². The van der Waals surface area contributed by atoms with Gasteiger partial charge in [0.15, 0.2) is 4.77 Å². The summed E-state index contributed by atoms with van der Waals surface area (Å²) in [4.78, 5) is 9.72. The highest BCUT2D eigenvalue weighted by Gasteiger charge is 2.18. The lowest BCUT2D eigenvalue weighted by Gasteiger charge is -2.27. The molecule has 0 bridgehead atoms. The molecular weight excluding hydrogens is 342 g/mol. The molecule has 0 saturated carbocycles. The number of aromatic nitrogens is 2. The summed E-state index contributed by atoms with van der Waals surface area (Å²) in [5, 5.41) is 0.711. The highest BCUT2D eigenvalue weighted by Crippen LogP contribution is 2.26. The van der Waals surface area contributed by atoms with E-state index in [1.807, 2.05) is 42.6 Å². The van der Waals surface area contributed by atoms with Crippen LogP contribution in [-0.2, 0) is 19.5 Å². The second-order valence-corrected chi connectivity index (χ2v) is 6.75. The number of rotatable bonds is 3. The first-order valence-electron chi connectivity index (χ1n) is 7.81. The van der Waals surface area contributed by atoms with Crippen LogP contribution in [0.1, 0.15) is 17.0 Å². The number of H-pyrrole nitrogens is 1. The molecule has 4 rings (SSSR count). The van der Waals surface area contributed by atoms with Gasteiger partial charge in [-0.15, -0.1) is 0 Å². The van der Waals surface area contributed by atoms with E-state index in [4.69, 9.17) is 28.2 Å². The Hall–Kier alpha value is -1.95. The zero-order valence-electron chi connectivity index (χ0n) is 13.0. The van der Waals surface area contributed by atoms with Gasteiger partial charge in [-0.1, -0.05) is 23.7 Å². The van der Waals surface area contributed by atoms with Gasteiger partial charge in [0.25, 0.3) is 0 Å². The Bertz CT molecular complexity index is 934. The van der Waals surface area contributed by atoms with E-state index in [-0.39, 0.29) is 0 Å². The SMILES string of the molecule is S=c1ncc2c([nH]1)CCN(Cc1ccc(-c3cccc(Cl)c3)o1)C2. The third kappa shape index (κ3) is 3.29. The number of hydrogen-bond donors (Lipinski definition) is 1. The summed E-state index contributed by atoms with van der Waals surface area (Å²) >= 11 is 11.1. The highest BCUT2D eigenvalue weighted by molar-refractivity contribution is 7.71. The van der Waals surface area contributed by atoms with Crippen molar-refractivity contribution in [1.29, 1.82) is 0 Å². The highest BCUT2D eigenvalue weighted by atomic mass is 35.5. The molecule has 24 heavy (non-hydrogen) atoms. The fourth-order valence-electron chi connectivity index (χ4n) is 3.02. The standard InChI is InChI=1S/C18H16ClN3OS/c19-14-3-1-2-12(8-14)17-5-4-15(23-17)11-22-7-6-16-13(10-22)9-20-18(24)21-16/h1-5,8-9H,6-7,10-11H2,(H,20,21,24). The van der Waals surface area contributed by atoms with Crippen LogP contribution in [0.4, 0.5) is 0 Å². The van der Waals surface area contributed by atoms with E-state index in [2.05, 4.69) is 14.9 Å². The average molecular weight is 358 g/mol. The van der Waals surface area contributed by atoms with Crippen molar-refractivity contribution < 1.29 is 4.42 Å². The third-order valence-electron chi connectivity index (χ3n) is 4.21. The van der Waals surface area contributed by atoms with E-state index >= 15 is 0 Å². The van der Waals surface area contributed by atoms with Crippen molar-refractivity contribution in [1.82, 2.24) is 14.9 Å². The van der Waals surface area contributed by atoms with Crippen LogP contribution in [0.25, 0.3) is 11.3 Å². The van der Waals surface area contributed by atoms with Crippen LogP contribution in [0.2, 0.25) is 5.02 Å². The maximum atomic E-state index is 6.05. The van der Waals surface area contributed by atoms with Gasteiger partial charge in [-0.05, 0) is 36.5 Å². The smallest absolute Gasteiger partial charge is 0.196 e. The molecule has 1 aliphatic rings. The molecule has 0 amide bonds. The van der Waals surface area contributed by atoms with Gasteiger partial charge in [0.1, 0.15) is 11.5 Å². The van der Waals surface area contributed by atoms with Gasteiger partial charge < -0.3 is 9.40 Å². The number of benzene rings is 1. The third-order valence-corrected chi connectivity index (χ3v) is 4.65. The van der Waals surface area contributed by atoms with Crippen molar-refractivity contribution in [2.45, 2.75) is 19.5 Å². The molecular formula is C18H16ClN3OS. The van der Waals surface area contributed by atoms with Crippen molar-refractivity contribution in [3.8, 4) is 11.3 Å². The molecule has 1 aromatic carbocycles. The maximum absolute atomic E-state index is 6.05. The summed E-state index contributed by atoms with van der Waals surface area (Å²) in [6.07, 6.45) is 2.82. The van der Waals surface area contributed by atoms with Crippen LogP contribution in [-0.4, -0.2) is 21.4 Å².